The van der Waals surface area contributed by atoms with Gasteiger partial charge >= 0.3 is 6.03 Å². The zero-order chi connectivity index (χ0) is 15.6. The number of anilines is 1. The summed E-state index contributed by atoms with van der Waals surface area (Å²) < 4.78 is 0. The molecule has 1 aromatic rings. The lowest BCUT2D eigenvalue weighted by Crippen LogP contribution is -2.57. The molecular weight excluding hydrogens is 282 g/mol. The zero-order valence-corrected chi connectivity index (χ0v) is 14.2. The van der Waals surface area contributed by atoms with Crippen LogP contribution in [0.15, 0.2) is 29.3 Å². The van der Waals surface area contributed by atoms with Crippen LogP contribution in [0.1, 0.15) is 33.3 Å². The third kappa shape index (κ3) is 3.23. The van der Waals surface area contributed by atoms with Gasteiger partial charge in [0.05, 0.1) is 11.6 Å². The van der Waals surface area contributed by atoms with Crippen LogP contribution >= 0.6 is 11.8 Å². The first-order valence-corrected chi connectivity index (χ1v) is 8.19. The van der Waals surface area contributed by atoms with Crippen LogP contribution in [0.5, 0.6) is 0 Å². The van der Waals surface area contributed by atoms with E-state index < -0.39 is 0 Å². The Morgan fingerprint density at radius 2 is 1.95 bits per heavy atom. The fourth-order valence-electron chi connectivity index (χ4n) is 2.20. The van der Waals surface area contributed by atoms with Crippen LogP contribution in [-0.2, 0) is 0 Å². The molecule has 2 amide bonds. The second-order valence-electron chi connectivity index (χ2n) is 6.03. The molecule has 21 heavy (non-hydrogen) atoms. The molecule has 0 radical (unpaired) electrons. The van der Waals surface area contributed by atoms with Crippen molar-refractivity contribution in [1.82, 2.24) is 4.90 Å². The summed E-state index contributed by atoms with van der Waals surface area (Å²) in [6, 6.07) is 7.94. The molecule has 2 rings (SSSR count). The smallest absolute Gasteiger partial charge is 0.309 e. The molecule has 4 nitrogen and oxygen atoms in total. The first-order chi connectivity index (χ1) is 9.86. The number of aliphatic imine (C=N–C) groups is 1. The quantitative estimate of drug-likeness (QED) is 0.824. The van der Waals surface area contributed by atoms with Gasteiger partial charge in [-0.15, -0.1) is 0 Å². The van der Waals surface area contributed by atoms with Gasteiger partial charge in [-0.1, -0.05) is 30.0 Å². The van der Waals surface area contributed by atoms with Gasteiger partial charge in [0.1, 0.15) is 0 Å². The molecule has 1 aromatic carbocycles. The molecule has 0 spiro atoms. The summed E-state index contributed by atoms with van der Waals surface area (Å²) >= 11 is 1.62. The summed E-state index contributed by atoms with van der Waals surface area (Å²) in [6.45, 7) is 10.9. The molecule has 0 unspecified atom stereocenters. The van der Waals surface area contributed by atoms with Gasteiger partial charge in [0.2, 0.25) is 0 Å². The van der Waals surface area contributed by atoms with E-state index in [9.17, 15) is 4.79 Å². The molecule has 5 heteroatoms. The second-order valence-corrected chi connectivity index (χ2v) is 6.95. The number of carbonyl (C=O) groups is 1. The van der Waals surface area contributed by atoms with E-state index in [2.05, 4.69) is 25.8 Å². The van der Waals surface area contributed by atoms with Crippen molar-refractivity contribution < 1.29 is 4.79 Å². The molecular formula is C16H23N3OS. The Morgan fingerprint density at radius 1 is 1.29 bits per heavy atom. The van der Waals surface area contributed by atoms with Gasteiger partial charge in [0.15, 0.2) is 5.17 Å². The lowest BCUT2D eigenvalue weighted by atomic mass is 10.1. The van der Waals surface area contributed by atoms with E-state index in [1.165, 1.54) is 0 Å². The third-order valence-electron chi connectivity index (χ3n) is 3.40. The maximum atomic E-state index is 13.0. The molecule has 114 valence electrons. The molecule has 0 atom stereocenters. The lowest BCUT2D eigenvalue weighted by Gasteiger charge is -2.43. The van der Waals surface area contributed by atoms with E-state index >= 15 is 0 Å². The van der Waals surface area contributed by atoms with Crippen molar-refractivity contribution in [1.29, 1.82) is 0 Å². The van der Waals surface area contributed by atoms with Crippen molar-refractivity contribution in [2.24, 2.45) is 4.99 Å². The highest BCUT2D eigenvalue weighted by Crippen LogP contribution is 2.32. The number of aryl methyl sites for hydroxylation is 1. The van der Waals surface area contributed by atoms with Gasteiger partial charge in [-0.2, -0.15) is 0 Å². The van der Waals surface area contributed by atoms with Crippen LogP contribution in [0.4, 0.5) is 10.5 Å². The minimum absolute atomic E-state index is 0.00255. The Morgan fingerprint density at radius 3 is 2.52 bits per heavy atom. The molecule has 0 aromatic heterocycles. The predicted molar refractivity (Wildman–Crippen MR) is 91.1 cm³/mol. The molecule has 0 N–H and O–H groups in total. The Labute approximate surface area is 131 Å². The van der Waals surface area contributed by atoms with Crippen LogP contribution in [-0.4, -0.2) is 34.1 Å². The Balaban J connectivity index is 2.47. The number of para-hydroxylation sites is 1. The van der Waals surface area contributed by atoms with Gasteiger partial charge in [0, 0.05) is 12.1 Å². The molecule has 0 bridgehead atoms. The fourth-order valence-corrected chi connectivity index (χ4v) is 3.47. The predicted octanol–water partition coefficient (Wildman–Crippen LogP) is 4.10. The summed E-state index contributed by atoms with van der Waals surface area (Å²) in [5.41, 5.74) is 1.78. The van der Waals surface area contributed by atoms with E-state index in [4.69, 9.17) is 0 Å². The summed E-state index contributed by atoms with van der Waals surface area (Å²) in [6.07, 6.45) is 0. The van der Waals surface area contributed by atoms with E-state index in [1.54, 1.807) is 16.7 Å². The van der Waals surface area contributed by atoms with E-state index in [-0.39, 0.29) is 11.6 Å². The Bertz CT molecular complexity index is 563. The highest BCUT2D eigenvalue weighted by Gasteiger charge is 2.38. The average molecular weight is 305 g/mol. The van der Waals surface area contributed by atoms with E-state index in [0.717, 1.165) is 16.4 Å². The number of urea groups is 1. The van der Waals surface area contributed by atoms with Gasteiger partial charge in [0.25, 0.3) is 0 Å². The molecule has 1 aliphatic heterocycles. The highest BCUT2D eigenvalue weighted by atomic mass is 32.2. The maximum Gasteiger partial charge on any atom is 0.331 e. The summed E-state index contributed by atoms with van der Waals surface area (Å²) in [5.74, 6) is 0.642. The summed E-state index contributed by atoms with van der Waals surface area (Å²) in [5, 5.41) is 0.789. The summed E-state index contributed by atoms with van der Waals surface area (Å²) in [4.78, 5) is 21.1. The van der Waals surface area contributed by atoms with Crippen LogP contribution in [0.25, 0.3) is 0 Å². The van der Waals surface area contributed by atoms with Gasteiger partial charge in [-0.05, 0) is 46.2 Å². The topological polar surface area (TPSA) is 35.9 Å². The zero-order valence-electron chi connectivity index (χ0n) is 13.4. The number of amidine groups is 1. The lowest BCUT2D eigenvalue weighted by molar-refractivity contribution is 0.169. The number of rotatable bonds is 2. The highest BCUT2D eigenvalue weighted by molar-refractivity contribution is 8.14. The van der Waals surface area contributed by atoms with Gasteiger partial charge < -0.3 is 4.90 Å². The van der Waals surface area contributed by atoms with Crippen molar-refractivity contribution in [2.75, 3.05) is 17.3 Å². The number of nitrogens with zero attached hydrogens (tertiary/aromatic N) is 3. The summed E-state index contributed by atoms with van der Waals surface area (Å²) in [7, 11) is 0. The van der Waals surface area contributed by atoms with Crippen LogP contribution in [0, 0.1) is 6.92 Å². The minimum atomic E-state index is -0.206. The molecule has 1 fully saturated rings. The normalized spacial score (nSPS) is 18.5. The number of carbonyl (C=O) groups excluding carboxylic acids is 1. The molecule has 1 heterocycles. The molecule has 0 aliphatic carbocycles. The average Bonchev–Trinajstić information content (AvgIpc) is 2.39. The van der Waals surface area contributed by atoms with Gasteiger partial charge in [-0.25, -0.2) is 9.69 Å². The standard InChI is InChI=1S/C16H23N3OS/c1-6-17-14-19(13-10-8-7-9-12(13)2)15(20)18(11-21-14)16(3,4)5/h7-10H,6,11H2,1-5H3. The monoisotopic (exact) mass is 305 g/mol. The molecule has 0 saturated carbocycles. The first-order valence-electron chi connectivity index (χ1n) is 7.21. The number of thioether (sulfide) groups is 1. The van der Waals surface area contributed by atoms with Crippen molar-refractivity contribution in [3.8, 4) is 0 Å². The number of hydrogen-bond acceptors (Lipinski definition) is 3. The first kappa shape index (κ1) is 15.9. The molecule has 1 aliphatic rings. The molecule has 1 saturated heterocycles. The second kappa shape index (κ2) is 6.10. The van der Waals surface area contributed by atoms with E-state index in [1.807, 2.05) is 43.0 Å². The van der Waals surface area contributed by atoms with Crippen molar-refractivity contribution in [3.05, 3.63) is 29.8 Å². The van der Waals surface area contributed by atoms with Crippen molar-refractivity contribution >= 4 is 28.6 Å². The van der Waals surface area contributed by atoms with Crippen LogP contribution in [0.2, 0.25) is 0 Å². The number of benzene rings is 1. The SMILES string of the molecule is CCN=C1SCN(C(C)(C)C)C(=O)N1c1ccccc1C. The van der Waals surface area contributed by atoms with E-state index in [0.29, 0.717) is 12.4 Å². The Hall–Kier alpha value is -1.49. The largest absolute Gasteiger partial charge is 0.331 e. The third-order valence-corrected chi connectivity index (χ3v) is 4.35. The van der Waals surface area contributed by atoms with Crippen molar-refractivity contribution in [3.63, 3.8) is 0 Å². The van der Waals surface area contributed by atoms with Crippen molar-refractivity contribution in [2.45, 2.75) is 40.2 Å². The maximum absolute atomic E-state index is 13.0. The Kier molecular flexibility index (Phi) is 4.61. The fraction of sp³-hybridized carbons (Fsp3) is 0.500. The minimum Gasteiger partial charge on any atom is -0.309 e. The number of hydrogen-bond donors (Lipinski definition) is 0. The van der Waals surface area contributed by atoms with Crippen LogP contribution < -0.4 is 4.90 Å². The number of amides is 2. The van der Waals surface area contributed by atoms with Crippen LogP contribution in [0.3, 0.4) is 0 Å². The van der Waals surface area contributed by atoms with Gasteiger partial charge in [-0.3, -0.25) is 4.99 Å².